The van der Waals surface area contributed by atoms with Crippen LogP contribution < -0.4 is 5.32 Å². The van der Waals surface area contributed by atoms with E-state index >= 15 is 0 Å². The van der Waals surface area contributed by atoms with E-state index in [-0.39, 0.29) is 17.6 Å². The van der Waals surface area contributed by atoms with Crippen molar-refractivity contribution in [3.63, 3.8) is 0 Å². The van der Waals surface area contributed by atoms with Gasteiger partial charge in [0.2, 0.25) is 17.6 Å². The molecule has 1 aliphatic heterocycles. The Morgan fingerprint density at radius 3 is 2.58 bits per heavy atom. The van der Waals surface area contributed by atoms with Crippen LogP contribution >= 0.6 is 0 Å². The molecule has 0 spiro atoms. The van der Waals surface area contributed by atoms with Crippen molar-refractivity contribution in [1.82, 2.24) is 20.0 Å². The molecule has 0 radical (unpaired) electrons. The summed E-state index contributed by atoms with van der Waals surface area (Å²) >= 11 is 0. The zero-order valence-corrected chi connectivity index (χ0v) is 17.5. The Hall–Kier alpha value is -3.39. The van der Waals surface area contributed by atoms with E-state index in [1.54, 1.807) is 30.5 Å². The van der Waals surface area contributed by atoms with Crippen LogP contribution in [-0.4, -0.2) is 51.3 Å². The van der Waals surface area contributed by atoms with E-state index in [2.05, 4.69) is 25.3 Å². The number of pyridine rings is 1. The minimum Gasteiger partial charge on any atom is -0.339 e. The molecule has 2 aromatic heterocycles. The van der Waals surface area contributed by atoms with Crippen molar-refractivity contribution in [3.8, 4) is 11.5 Å². The highest BCUT2D eigenvalue weighted by Crippen LogP contribution is 2.28. The monoisotopic (exact) mass is 419 g/mol. The molecule has 3 aromatic rings. The topological polar surface area (TPSA) is 101 Å². The van der Waals surface area contributed by atoms with Crippen molar-refractivity contribution in [3.05, 3.63) is 60.1 Å². The number of ketones is 1. The second-order valence-corrected chi connectivity index (χ2v) is 7.72. The molecule has 31 heavy (non-hydrogen) atoms. The summed E-state index contributed by atoms with van der Waals surface area (Å²) in [5, 5.41) is 6.95. The molecule has 1 aliphatic rings. The second kappa shape index (κ2) is 9.61. The second-order valence-electron chi connectivity index (χ2n) is 7.72. The molecule has 8 nitrogen and oxygen atoms in total. The summed E-state index contributed by atoms with van der Waals surface area (Å²) in [6.07, 6.45) is 3.96. The third-order valence-electron chi connectivity index (χ3n) is 5.50. The SMILES string of the molecule is CC(=O)c1ccc(NC(=O)CCN2CCC(c3nc(-c4ccccn4)no3)CC2)cc1. The Morgan fingerprint density at radius 2 is 1.90 bits per heavy atom. The van der Waals surface area contributed by atoms with E-state index in [0.717, 1.165) is 25.9 Å². The predicted molar refractivity (Wildman–Crippen MR) is 116 cm³/mol. The van der Waals surface area contributed by atoms with Crippen LogP contribution in [0, 0.1) is 0 Å². The van der Waals surface area contributed by atoms with Gasteiger partial charge in [0.05, 0.1) is 0 Å². The Balaban J connectivity index is 1.22. The third kappa shape index (κ3) is 5.40. The van der Waals surface area contributed by atoms with Gasteiger partial charge in [-0.15, -0.1) is 0 Å². The lowest BCUT2D eigenvalue weighted by molar-refractivity contribution is -0.116. The average molecular weight is 419 g/mol. The van der Waals surface area contributed by atoms with Gasteiger partial charge in [-0.05, 0) is 69.3 Å². The lowest BCUT2D eigenvalue weighted by atomic mass is 9.96. The number of amides is 1. The largest absolute Gasteiger partial charge is 0.339 e. The van der Waals surface area contributed by atoms with Crippen LogP contribution in [0.2, 0.25) is 0 Å². The van der Waals surface area contributed by atoms with Gasteiger partial charge in [-0.3, -0.25) is 14.6 Å². The summed E-state index contributed by atoms with van der Waals surface area (Å²) in [5.41, 5.74) is 2.04. The fourth-order valence-corrected chi connectivity index (χ4v) is 3.68. The van der Waals surface area contributed by atoms with Crippen molar-refractivity contribution in [2.24, 2.45) is 0 Å². The number of anilines is 1. The summed E-state index contributed by atoms with van der Waals surface area (Å²) in [4.78, 5) is 34.6. The van der Waals surface area contributed by atoms with Crippen LogP contribution in [0.1, 0.15) is 48.4 Å². The zero-order valence-electron chi connectivity index (χ0n) is 17.5. The zero-order chi connectivity index (χ0) is 21.6. The highest BCUT2D eigenvalue weighted by atomic mass is 16.5. The fraction of sp³-hybridized carbons (Fsp3) is 0.348. The van der Waals surface area contributed by atoms with Crippen LogP contribution in [-0.2, 0) is 4.79 Å². The first-order valence-corrected chi connectivity index (χ1v) is 10.5. The molecule has 1 amide bonds. The van der Waals surface area contributed by atoms with Crippen LogP contribution in [0.25, 0.3) is 11.5 Å². The van der Waals surface area contributed by atoms with Gasteiger partial charge in [0.15, 0.2) is 5.78 Å². The Kier molecular flexibility index (Phi) is 6.47. The minimum atomic E-state index is -0.0328. The molecule has 160 valence electrons. The molecule has 1 fully saturated rings. The fourth-order valence-electron chi connectivity index (χ4n) is 3.68. The van der Waals surface area contributed by atoms with Gasteiger partial charge in [-0.1, -0.05) is 11.2 Å². The van der Waals surface area contributed by atoms with Crippen molar-refractivity contribution < 1.29 is 14.1 Å². The number of nitrogens with zero attached hydrogens (tertiary/aromatic N) is 4. The van der Waals surface area contributed by atoms with Crippen LogP contribution in [0.3, 0.4) is 0 Å². The van der Waals surface area contributed by atoms with E-state index in [9.17, 15) is 9.59 Å². The Morgan fingerprint density at radius 1 is 1.13 bits per heavy atom. The van der Waals surface area contributed by atoms with Gasteiger partial charge >= 0.3 is 0 Å². The molecule has 1 N–H and O–H groups in total. The average Bonchev–Trinajstić information content (AvgIpc) is 3.29. The first kappa shape index (κ1) is 20.9. The number of hydrogen-bond acceptors (Lipinski definition) is 7. The van der Waals surface area contributed by atoms with Gasteiger partial charge in [0.1, 0.15) is 5.69 Å². The van der Waals surface area contributed by atoms with Gasteiger partial charge < -0.3 is 14.7 Å². The molecular formula is C23H25N5O3. The summed E-state index contributed by atoms with van der Waals surface area (Å²) in [6, 6.07) is 12.6. The number of rotatable bonds is 7. The number of nitrogens with one attached hydrogen (secondary N) is 1. The summed E-state index contributed by atoms with van der Waals surface area (Å²) in [5.74, 6) is 1.39. The minimum absolute atomic E-state index is 0.00904. The molecule has 1 saturated heterocycles. The lowest BCUT2D eigenvalue weighted by Crippen LogP contribution is -2.35. The number of likely N-dealkylation sites (tertiary alicyclic amines) is 1. The smallest absolute Gasteiger partial charge is 0.230 e. The number of aromatic nitrogens is 3. The van der Waals surface area contributed by atoms with Gasteiger partial charge in [0.25, 0.3) is 0 Å². The van der Waals surface area contributed by atoms with E-state index in [1.165, 1.54) is 6.92 Å². The highest BCUT2D eigenvalue weighted by Gasteiger charge is 2.25. The van der Waals surface area contributed by atoms with Gasteiger partial charge in [-0.25, -0.2) is 0 Å². The Labute approximate surface area is 180 Å². The van der Waals surface area contributed by atoms with Crippen molar-refractivity contribution in [2.75, 3.05) is 25.0 Å². The van der Waals surface area contributed by atoms with Crippen LogP contribution in [0.4, 0.5) is 5.69 Å². The number of carbonyl (C=O) groups is 2. The van der Waals surface area contributed by atoms with Gasteiger partial charge in [-0.2, -0.15) is 4.98 Å². The van der Waals surface area contributed by atoms with Gasteiger partial charge in [0, 0.05) is 36.3 Å². The van der Waals surface area contributed by atoms with Crippen molar-refractivity contribution >= 4 is 17.4 Å². The maximum Gasteiger partial charge on any atom is 0.230 e. The van der Waals surface area contributed by atoms with Crippen LogP contribution in [0.15, 0.2) is 53.2 Å². The van der Waals surface area contributed by atoms with Crippen molar-refractivity contribution in [1.29, 1.82) is 0 Å². The summed E-state index contributed by atoms with van der Waals surface area (Å²) in [7, 11) is 0. The molecule has 0 bridgehead atoms. The number of piperidine rings is 1. The predicted octanol–water partition coefficient (Wildman–Crippen LogP) is 3.54. The van der Waals surface area contributed by atoms with Crippen molar-refractivity contribution in [2.45, 2.75) is 32.1 Å². The normalized spacial score (nSPS) is 15.0. The third-order valence-corrected chi connectivity index (χ3v) is 5.50. The number of Topliss-reactive ketones (excluding diaryl/α,β-unsaturated/α-hetero) is 1. The highest BCUT2D eigenvalue weighted by molar-refractivity contribution is 5.95. The van der Waals surface area contributed by atoms with E-state index in [4.69, 9.17) is 4.52 Å². The summed E-state index contributed by atoms with van der Waals surface area (Å²) < 4.78 is 5.48. The lowest BCUT2D eigenvalue weighted by Gasteiger charge is -2.30. The molecule has 0 saturated carbocycles. The van der Waals surface area contributed by atoms with Crippen LogP contribution in [0.5, 0.6) is 0 Å². The van der Waals surface area contributed by atoms with E-state index in [0.29, 0.717) is 41.6 Å². The number of carbonyl (C=O) groups excluding carboxylic acids is 2. The standard InChI is InChI=1S/C23H25N5O3/c1-16(29)17-5-7-19(8-6-17)25-21(30)11-15-28-13-9-18(10-14-28)23-26-22(27-31-23)20-4-2-3-12-24-20/h2-8,12,18H,9-11,13-15H2,1H3,(H,25,30). The quantitative estimate of drug-likeness (QED) is 0.585. The maximum atomic E-state index is 12.3. The molecule has 0 atom stereocenters. The van der Waals surface area contributed by atoms with E-state index in [1.807, 2.05) is 18.2 Å². The molecular weight excluding hydrogens is 394 g/mol. The first-order chi connectivity index (χ1) is 15.1. The summed E-state index contributed by atoms with van der Waals surface area (Å²) in [6.45, 7) is 3.99. The Bertz CT molecular complexity index is 1020. The molecule has 0 unspecified atom stereocenters. The number of hydrogen-bond donors (Lipinski definition) is 1. The molecule has 3 heterocycles. The molecule has 8 heteroatoms. The molecule has 0 aliphatic carbocycles. The maximum absolute atomic E-state index is 12.3. The first-order valence-electron chi connectivity index (χ1n) is 10.5. The van der Waals surface area contributed by atoms with E-state index < -0.39 is 0 Å². The molecule has 1 aromatic carbocycles. The number of benzene rings is 1. The molecule has 4 rings (SSSR count).